The zero-order valence-electron chi connectivity index (χ0n) is 10.6. The fourth-order valence-corrected chi connectivity index (χ4v) is 2.42. The number of nitrogens with zero attached hydrogens (tertiary/aromatic N) is 4. The van der Waals surface area contributed by atoms with Crippen molar-refractivity contribution >= 4 is 11.5 Å². The second-order valence-corrected chi connectivity index (χ2v) is 4.72. The Morgan fingerprint density at radius 1 is 1.24 bits per heavy atom. The van der Waals surface area contributed by atoms with Crippen molar-refractivity contribution < 1.29 is 0 Å². The van der Waals surface area contributed by atoms with Crippen LogP contribution >= 0.6 is 11.5 Å². The summed E-state index contributed by atoms with van der Waals surface area (Å²) in [5.74, 6) is 0.933. The molecule has 2 heterocycles. The Hall–Kier alpha value is -1.23. The molecular formula is C12H18N4S. The van der Waals surface area contributed by atoms with E-state index >= 15 is 0 Å². The minimum atomic E-state index is 0.894. The maximum atomic E-state index is 4.57. The average Bonchev–Trinajstić information content (AvgIpc) is 2.94. The summed E-state index contributed by atoms with van der Waals surface area (Å²) < 4.78 is 6.30. The highest BCUT2D eigenvalue weighted by atomic mass is 32.1. The summed E-state index contributed by atoms with van der Waals surface area (Å²) in [5.41, 5.74) is 2.33. The highest BCUT2D eigenvalue weighted by Gasteiger charge is 2.11. The molecule has 0 saturated carbocycles. The first kappa shape index (κ1) is 12.2. The van der Waals surface area contributed by atoms with Crippen LogP contribution in [0.2, 0.25) is 0 Å². The Kier molecular flexibility index (Phi) is 3.89. The van der Waals surface area contributed by atoms with Gasteiger partial charge in [0.25, 0.3) is 0 Å². The monoisotopic (exact) mass is 250 g/mol. The van der Waals surface area contributed by atoms with Crippen LogP contribution in [0.4, 0.5) is 0 Å². The minimum absolute atomic E-state index is 0.894. The predicted molar refractivity (Wildman–Crippen MR) is 69.8 cm³/mol. The van der Waals surface area contributed by atoms with Crippen LogP contribution in [0, 0.1) is 0 Å². The molecule has 0 saturated heterocycles. The zero-order chi connectivity index (χ0) is 12.3. The van der Waals surface area contributed by atoms with E-state index in [1.54, 1.807) is 0 Å². The van der Waals surface area contributed by atoms with Gasteiger partial charge in [-0.3, -0.25) is 0 Å². The van der Waals surface area contributed by atoms with Crippen molar-refractivity contribution in [1.29, 1.82) is 0 Å². The van der Waals surface area contributed by atoms with Crippen LogP contribution < -0.4 is 0 Å². The van der Waals surface area contributed by atoms with Crippen LogP contribution in [0.25, 0.3) is 5.13 Å². The summed E-state index contributed by atoms with van der Waals surface area (Å²) in [4.78, 5) is 4.53. The topological polar surface area (TPSA) is 43.6 Å². The van der Waals surface area contributed by atoms with E-state index in [4.69, 9.17) is 0 Å². The van der Waals surface area contributed by atoms with Gasteiger partial charge >= 0.3 is 0 Å². The molecule has 0 aromatic carbocycles. The van der Waals surface area contributed by atoms with Crippen molar-refractivity contribution in [3.05, 3.63) is 23.3 Å². The molecule has 0 bridgehead atoms. The van der Waals surface area contributed by atoms with Gasteiger partial charge in [0.15, 0.2) is 0 Å². The molecule has 0 aliphatic rings. The summed E-state index contributed by atoms with van der Waals surface area (Å²) in [6, 6.07) is 2.15. The lowest BCUT2D eigenvalue weighted by Gasteiger charge is -1.99. The van der Waals surface area contributed by atoms with Crippen LogP contribution in [0.5, 0.6) is 0 Å². The standard InChI is InChI=1S/C12H18N4S/c1-4-7-11-13-12(17-15-11)16-10(6-3)8-9(5-2)14-16/h8H,4-7H2,1-3H3. The van der Waals surface area contributed by atoms with Gasteiger partial charge in [0.1, 0.15) is 5.82 Å². The lowest BCUT2D eigenvalue weighted by atomic mass is 10.3. The van der Waals surface area contributed by atoms with Crippen LogP contribution in [0.1, 0.15) is 44.4 Å². The van der Waals surface area contributed by atoms with E-state index in [0.29, 0.717) is 0 Å². The molecule has 4 nitrogen and oxygen atoms in total. The van der Waals surface area contributed by atoms with Crippen molar-refractivity contribution in [3.8, 4) is 5.13 Å². The van der Waals surface area contributed by atoms with E-state index in [0.717, 1.165) is 42.3 Å². The van der Waals surface area contributed by atoms with Crippen LogP contribution in [0.15, 0.2) is 6.07 Å². The van der Waals surface area contributed by atoms with E-state index in [2.05, 4.69) is 41.3 Å². The fourth-order valence-electron chi connectivity index (χ4n) is 1.72. The third-order valence-corrected chi connectivity index (χ3v) is 3.40. The summed E-state index contributed by atoms with van der Waals surface area (Å²) in [7, 11) is 0. The van der Waals surface area contributed by atoms with E-state index in [9.17, 15) is 0 Å². The molecule has 0 amide bonds. The second kappa shape index (κ2) is 5.40. The molecule has 0 N–H and O–H groups in total. The Morgan fingerprint density at radius 2 is 2.06 bits per heavy atom. The molecule has 0 aliphatic carbocycles. The predicted octanol–water partition coefficient (Wildman–Crippen LogP) is 2.80. The molecule has 2 rings (SSSR count). The molecule has 0 atom stereocenters. The van der Waals surface area contributed by atoms with E-state index in [1.165, 1.54) is 17.2 Å². The molecule has 0 unspecified atom stereocenters. The highest BCUT2D eigenvalue weighted by molar-refractivity contribution is 7.08. The van der Waals surface area contributed by atoms with Gasteiger partial charge in [-0.2, -0.15) is 9.47 Å². The molecule has 0 aliphatic heterocycles. The third-order valence-electron chi connectivity index (χ3n) is 2.67. The average molecular weight is 250 g/mol. The number of rotatable bonds is 5. The lowest BCUT2D eigenvalue weighted by molar-refractivity contribution is 0.775. The zero-order valence-corrected chi connectivity index (χ0v) is 11.4. The normalized spacial score (nSPS) is 11.0. The molecule has 0 spiro atoms. The summed E-state index contributed by atoms with van der Waals surface area (Å²) >= 11 is 1.44. The molecule has 17 heavy (non-hydrogen) atoms. The van der Waals surface area contributed by atoms with E-state index < -0.39 is 0 Å². The summed E-state index contributed by atoms with van der Waals surface area (Å²) in [5, 5.41) is 5.46. The smallest absolute Gasteiger partial charge is 0.209 e. The van der Waals surface area contributed by atoms with Gasteiger partial charge in [0.05, 0.1) is 5.69 Å². The third kappa shape index (κ3) is 2.54. The van der Waals surface area contributed by atoms with Crippen molar-refractivity contribution in [2.24, 2.45) is 0 Å². The van der Waals surface area contributed by atoms with Gasteiger partial charge in [-0.1, -0.05) is 20.8 Å². The van der Waals surface area contributed by atoms with Crippen molar-refractivity contribution in [2.45, 2.75) is 46.5 Å². The Morgan fingerprint density at radius 3 is 2.71 bits per heavy atom. The summed E-state index contributed by atoms with van der Waals surface area (Å²) in [6.45, 7) is 6.40. The maximum Gasteiger partial charge on any atom is 0.230 e. The first-order valence-corrected chi connectivity index (χ1v) is 6.96. The van der Waals surface area contributed by atoms with Gasteiger partial charge in [0.2, 0.25) is 5.13 Å². The molecule has 0 radical (unpaired) electrons. The van der Waals surface area contributed by atoms with Crippen LogP contribution in [-0.4, -0.2) is 19.1 Å². The number of hydrogen-bond donors (Lipinski definition) is 0. The summed E-state index contributed by atoms with van der Waals surface area (Å²) in [6.07, 6.45) is 3.95. The molecule has 92 valence electrons. The Labute approximate surface area is 106 Å². The SMILES string of the molecule is CCCc1nsc(-n2nc(CC)cc2CC)n1. The van der Waals surface area contributed by atoms with Gasteiger partial charge in [-0.15, -0.1) is 0 Å². The van der Waals surface area contributed by atoms with Gasteiger partial charge < -0.3 is 0 Å². The number of aryl methyl sites for hydroxylation is 3. The molecular weight excluding hydrogens is 232 g/mol. The van der Waals surface area contributed by atoms with Gasteiger partial charge in [0, 0.05) is 23.6 Å². The van der Waals surface area contributed by atoms with Crippen molar-refractivity contribution in [2.75, 3.05) is 0 Å². The molecule has 2 aromatic heterocycles. The van der Waals surface area contributed by atoms with Crippen molar-refractivity contribution in [3.63, 3.8) is 0 Å². The quantitative estimate of drug-likeness (QED) is 0.819. The largest absolute Gasteiger partial charge is 0.230 e. The maximum absolute atomic E-state index is 4.57. The second-order valence-electron chi connectivity index (χ2n) is 3.99. The first-order valence-electron chi connectivity index (χ1n) is 6.19. The van der Waals surface area contributed by atoms with Crippen molar-refractivity contribution in [1.82, 2.24) is 19.1 Å². The number of aromatic nitrogens is 4. The van der Waals surface area contributed by atoms with Crippen LogP contribution in [0.3, 0.4) is 0 Å². The minimum Gasteiger partial charge on any atom is -0.209 e. The van der Waals surface area contributed by atoms with Crippen LogP contribution in [-0.2, 0) is 19.3 Å². The highest BCUT2D eigenvalue weighted by Crippen LogP contribution is 2.16. The molecule has 5 heteroatoms. The Bertz CT molecular complexity index is 486. The van der Waals surface area contributed by atoms with Gasteiger partial charge in [-0.25, -0.2) is 9.67 Å². The van der Waals surface area contributed by atoms with E-state index in [1.807, 2.05) is 4.68 Å². The fraction of sp³-hybridized carbons (Fsp3) is 0.583. The molecule has 2 aromatic rings. The molecule has 0 fully saturated rings. The lowest BCUT2D eigenvalue weighted by Crippen LogP contribution is -2.01. The van der Waals surface area contributed by atoms with E-state index in [-0.39, 0.29) is 0 Å². The Balaban J connectivity index is 2.33. The first-order chi connectivity index (χ1) is 8.28. The number of hydrogen-bond acceptors (Lipinski definition) is 4. The van der Waals surface area contributed by atoms with Gasteiger partial charge in [-0.05, 0) is 25.3 Å².